The number of carbonyl (C=O) groups excluding carboxylic acids is 1. The zero-order valence-corrected chi connectivity index (χ0v) is 8.71. The largest absolute Gasteiger partial charge is 0.467 e. The Kier molecular flexibility index (Phi) is 2.52. The van der Waals surface area contributed by atoms with Crippen LogP contribution in [0.4, 0.5) is 4.79 Å². The molecule has 5 nitrogen and oxygen atoms in total. The maximum absolute atomic E-state index is 11.6. The Labute approximate surface area is 92.2 Å². The number of fused-ring (bicyclic) bond motifs is 1. The molecule has 0 fully saturated rings. The van der Waals surface area contributed by atoms with E-state index in [0.717, 1.165) is 10.5 Å². The standard InChI is InChI=1S/C11H11NO4/c1-16-10(13)9-8-5-3-2-4-7(8)6-12(9)11(14)15/h2-5,9H,6H2,1H3,(H,14,15). The van der Waals surface area contributed by atoms with E-state index in [9.17, 15) is 9.59 Å². The Bertz CT molecular complexity index is 443. The van der Waals surface area contributed by atoms with E-state index in [2.05, 4.69) is 4.74 Å². The highest BCUT2D eigenvalue weighted by Crippen LogP contribution is 2.34. The number of benzene rings is 1. The second kappa shape index (κ2) is 3.84. The minimum Gasteiger partial charge on any atom is -0.467 e. The van der Waals surface area contributed by atoms with E-state index in [1.54, 1.807) is 12.1 Å². The van der Waals surface area contributed by atoms with Crippen LogP contribution in [0.5, 0.6) is 0 Å². The van der Waals surface area contributed by atoms with Gasteiger partial charge in [0.1, 0.15) is 0 Å². The van der Waals surface area contributed by atoms with E-state index >= 15 is 0 Å². The molecule has 0 saturated heterocycles. The molecule has 1 N–H and O–H groups in total. The minimum atomic E-state index is -1.12. The van der Waals surface area contributed by atoms with Crippen LogP contribution in [-0.4, -0.2) is 29.2 Å². The molecule has 84 valence electrons. The van der Waals surface area contributed by atoms with Gasteiger partial charge in [0.2, 0.25) is 0 Å². The zero-order valence-electron chi connectivity index (χ0n) is 8.71. The average molecular weight is 221 g/mol. The smallest absolute Gasteiger partial charge is 0.408 e. The monoisotopic (exact) mass is 221 g/mol. The summed E-state index contributed by atoms with van der Waals surface area (Å²) in [4.78, 5) is 23.7. The van der Waals surface area contributed by atoms with Crippen LogP contribution in [0.3, 0.4) is 0 Å². The van der Waals surface area contributed by atoms with E-state index < -0.39 is 18.1 Å². The fourth-order valence-corrected chi connectivity index (χ4v) is 1.93. The second-order valence-electron chi connectivity index (χ2n) is 3.53. The van der Waals surface area contributed by atoms with E-state index in [1.165, 1.54) is 7.11 Å². The molecule has 0 aliphatic carbocycles. The Morgan fingerprint density at radius 3 is 2.75 bits per heavy atom. The fourth-order valence-electron chi connectivity index (χ4n) is 1.93. The molecule has 1 amide bonds. The van der Waals surface area contributed by atoms with Crippen LogP contribution in [0.25, 0.3) is 0 Å². The Morgan fingerprint density at radius 1 is 1.44 bits per heavy atom. The van der Waals surface area contributed by atoms with Crippen LogP contribution in [0.2, 0.25) is 0 Å². The SMILES string of the molecule is COC(=O)C1c2ccccc2CN1C(=O)O. The van der Waals surface area contributed by atoms with Crippen molar-refractivity contribution < 1.29 is 19.4 Å². The molecule has 0 saturated carbocycles. The highest BCUT2D eigenvalue weighted by atomic mass is 16.5. The van der Waals surface area contributed by atoms with E-state index in [1.807, 2.05) is 12.1 Å². The number of esters is 1. The summed E-state index contributed by atoms with van der Waals surface area (Å²) in [5.74, 6) is -0.549. The summed E-state index contributed by atoms with van der Waals surface area (Å²) in [7, 11) is 1.25. The number of nitrogens with zero attached hydrogens (tertiary/aromatic N) is 1. The molecule has 0 radical (unpaired) electrons. The summed E-state index contributed by atoms with van der Waals surface area (Å²) in [5, 5.41) is 9.02. The van der Waals surface area contributed by atoms with Crippen LogP contribution < -0.4 is 0 Å². The number of rotatable bonds is 1. The van der Waals surface area contributed by atoms with Crippen molar-refractivity contribution in [2.24, 2.45) is 0 Å². The van der Waals surface area contributed by atoms with Gasteiger partial charge in [0.25, 0.3) is 0 Å². The Hall–Kier alpha value is -2.04. The molecule has 1 unspecified atom stereocenters. The maximum atomic E-state index is 11.6. The molecular formula is C11H11NO4. The number of ether oxygens (including phenoxy) is 1. The van der Waals surface area contributed by atoms with Crippen LogP contribution in [0.15, 0.2) is 24.3 Å². The van der Waals surface area contributed by atoms with Crippen LogP contribution in [0.1, 0.15) is 17.2 Å². The predicted molar refractivity (Wildman–Crippen MR) is 54.8 cm³/mol. The lowest BCUT2D eigenvalue weighted by Crippen LogP contribution is -2.33. The summed E-state index contributed by atoms with van der Waals surface area (Å²) >= 11 is 0. The molecule has 5 heteroatoms. The van der Waals surface area contributed by atoms with Gasteiger partial charge in [-0.05, 0) is 11.1 Å². The first-order chi connectivity index (χ1) is 7.65. The molecule has 1 heterocycles. The molecule has 1 aromatic rings. The number of hydrogen-bond acceptors (Lipinski definition) is 3. The molecule has 16 heavy (non-hydrogen) atoms. The van der Waals surface area contributed by atoms with Crippen molar-refractivity contribution >= 4 is 12.1 Å². The molecule has 1 atom stereocenters. The van der Waals surface area contributed by atoms with Crippen LogP contribution >= 0.6 is 0 Å². The molecule has 1 aliphatic heterocycles. The Balaban J connectivity index is 2.43. The first-order valence-corrected chi connectivity index (χ1v) is 4.80. The quantitative estimate of drug-likeness (QED) is 0.728. The van der Waals surface area contributed by atoms with E-state index in [4.69, 9.17) is 5.11 Å². The van der Waals surface area contributed by atoms with Gasteiger partial charge in [-0.3, -0.25) is 4.90 Å². The molecule has 0 aromatic heterocycles. The normalized spacial score (nSPS) is 18.1. The summed E-state index contributed by atoms with van der Waals surface area (Å²) in [5.41, 5.74) is 1.55. The summed E-state index contributed by atoms with van der Waals surface area (Å²) in [6.07, 6.45) is -1.12. The van der Waals surface area contributed by atoms with Gasteiger partial charge in [0.05, 0.1) is 13.7 Å². The molecule has 2 rings (SSSR count). The number of hydrogen-bond donors (Lipinski definition) is 1. The van der Waals surface area contributed by atoms with E-state index in [-0.39, 0.29) is 6.54 Å². The highest BCUT2D eigenvalue weighted by molar-refractivity contribution is 5.84. The first kappa shape index (κ1) is 10.5. The van der Waals surface area contributed by atoms with Gasteiger partial charge in [0.15, 0.2) is 6.04 Å². The number of amides is 1. The van der Waals surface area contributed by atoms with Crippen molar-refractivity contribution in [2.75, 3.05) is 7.11 Å². The van der Waals surface area contributed by atoms with Gasteiger partial charge in [-0.25, -0.2) is 9.59 Å². The van der Waals surface area contributed by atoms with Crippen molar-refractivity contribution in [1.82, 2.24) is 4.90 Å². The Morgan fingerprint density at radius 2 is 2.12 bits per heavy atom. The third-order valence-electron chi connectivity index (χ3n) is 2.67. The lowest BCUT2D eigenvalue weighted by molar-refractivity contribution is -0.146. The minimum absolute atomic E-state index is 0.227. The van der Waals surface area contributed by atoms with Gasteiger partial charge in [0, 0.05) is 0 Å². The predicted octanol–water partition coefficient (Wildman–Crippen LogP) is 1.39. The van der Waals surface area contributed by atoms with Gasteiger partial charge in [-0.2, -0.15) is 0 Å². The number of methoxy groups -OCH3 is 1. The lowest BCUT2D eigenvalue weighted by atomic mass is 10.1. The van der Waals surface area contributed by atoms with Crippen molar-refractivity contribution in [3.05, 3.63) is 35.4 Å². The average Bonchev–Trinajstić information content (AvgIpc) is 2.67. The van der Waals surface area contributed by atoms with Crippen LogP contribution in [-0.2, 0) is 16.1 Å². The first-order valence-electron chi connectivity index (χ1n) is 4.80. The summed E-state index contributed by atoms with van der Waals surface area (Å²) in [6, 6.07) is 6.32. The molecular weight excluding hydrogens is 210 g/mol. The summed E-state index contributed by atoms with van der Waals surface area (Å²) < 4.78 is 4.63. The number of carbonyl (C=O) groups is 2. The molecule has 1 aromatic carbocycles. The van der Waals surface area contributed by atoms with Gasteiger partial charge >= 0.3 is 12.1 Å². The van der Waals surface area contributed by atoms with Crippen molar-refractivity contribution in [2.45, 2.75) is 12.6 Å². The molecule has 0 spiro atoms. The zero-order chi connectivity index (χ0) is 11.7. The fraction of sp³-hybridized carbons (Fsp3) is 0.273. The summed E-state index contributed by atoms with van der Waals surface area (Å²) in [6.45, 7) is 0.227. The van der Waals surface area contributed by atoms with E-state index in [0.29, 0.717) is 5.56 Å². The van der Waals surface area contributed by atoms with Crippen molar-refractivity contribution in [3.63, 3.8) is 0 Å². The highest BCUT2D eigenvalue weighted by Gasteiger charge is 2.38. The third kappa shape index (κ3) is 1.50. The molecule has 0 bridgehead atoms. The lowest BCUT2D eigenvalue weighted by Gasteiger charge is -2.19. The topological polar surface area (TPSA) is 66.8 Å². The van der Waals surface area contributed by atoms with Gasteiger partial charge in [-0.15, -0.1) is 0 Å². The maximum Gasteiger partial charge on any atom is 0.408 e. The van der Waals surface area contributed by atoms with Gasteiger partial charge < -0.3 is 9.84 Å². The second-order valence-corrected chi connectivity index (χ2v) is 3.53. The van der Waals surface area contributed by atoms with Gasteiger partial charge in [-0.1, -0.05) is 24.3 Å². The van der Waals surface area contributed by atoms with Crippen molar-refractivity contribution in [3.8, 4) is 0 Å². The van der Waals surface area contributed by atoms with Crippen LogP contribution in [0, 0.1) is 0 Å². The number of carboxylic acid groups (broad SMARTS) is 1. The third-order valence-corrected chi connectivity index (χ3v) is 2.67. The molecule has 1 aliphatic rings. The van der Waals surface area contributed by atoms with Crippen molar-refractivity contribution in [1.29, 1.82) is 0 Å².